The highest BCUT2D eigenvalue weighted by Crippen LogP contribution is 2.42. The van der Waals surface area contributed by atoms with E-state index in [0.29, 0.717) is 59.8 Å². The minimum atomic E-state index is -4.49. The van der Waals surface area contributed by atoms with Gasteiger partial charge in [0.2, 0.25) is 5.01 Å². The summed E-state index contributed by atoms with van der Waals surface area (Å²) in [7, 11) is 1.65. The van der Waals surface area contributed by atoms with Crippen LogP contribution in [-0.4, -0.2) is 55.1 Å². The van der Waals surface area contributed by atoms with Crippen LogP contribution in [0, 0.1) is 0 Å². The van der Waals surface area contributed by atoms with Gasteiger partial charge in [-0.05, 0) is 18.6 Å². The number of nitrogens with zero attached hydrogens (tertiary/aromatic N) is 3. The first-order valence-corrected chi connectivity index (χ1v) is 9.78. The van der Waals surface area contributed by atoms with Gasteiger partial charge in [-0.1, -0.05) is 23.5 Å². The van der Waals surface area contributed by atoms with Gasteiger partial charge in [0.05, 0.1) is 11.4 Å². The molecule has 2 aromatic rings. The van der Waals surface area contributed by atoms with Crippen molar-refractivity contribution in [3.63, 3.8) is 0 Å². The predicted molar refractivity (Wildman–Crippen MR) is 117 cm³/mol. The number of aromatic nitrogens is 1. The largest absolute Gasteiger partial charge is 0.443 e. The Morgan fingerprint density at radius 2 is 2.03 bits per heavy atom. The van der Waals surface area contributed by atoms with Crippen molar-refractivity contribution >= 4 is 58.4 Å². The number of benzene rings is 1. The Labute approximate surface area is 188 Å². The molecule has 6 nitrogen and oxygen atoms in total. The van der Waals surface area contributed by atoms with Crippen LogP contribution in [0.5, 0.6) is 0 Å². The van der Waals surface area contributed by atoms with Gasteiger partial charge in [-0.15, -0.1) is 24.8 Å². The number of hydrogen-bond donors (Lipinski definition) is 2. The molecular formula is C18H22Cl2F3N5OS. The third-order valence-electron chi connectivity index (χ3n) is 4.69. The molecule has 1 aromatic heterocycles. The van der Waals surface area contributed by atoms with Crippen LogP contribution < -0.4 is 10.6 Å². The van der Waals surface area contributed by atoms with Gasteiger partial charge < -0.3 is 20.3 Å². The molecule has 2 aliphatic heterocycles. The van der Waals surface area contributed by atoms with E-state index < -0.39 is 11.2 Å². The number of aliphatic imine (C=N–C) groups is 1. The van der Waals surface area contributed by atoms with Gasteiger partial charge in [0.1, 0.15) is 10.7 Å². The second-order valence-electron chi connectivity index (χ2n) is 6.65. The van der Waals surface area contributed by atoms with Gasteiger partial charge in [-0.3, -0.25) is 0 Å². The molecule has 0 unspecified atom stereocenters. The summed E-state index contributed by atoms with van der Waals surface area (Å²) >= 11 is 0.611. The number of alkyl halides is 3. The number of nitrogens with one attached hydrogen (secondary N) is 2. The van der Waals surface area contributed by atoms with Crippen molar-refractivity contribution in [3.05, 3.63) is 35.0 Å². The Kier molecular flexibility index (Phi) is 8.35. The fourth-order valence-electron chi connectivity index (χ4n) is 3.34. The van der Waals surface area contributed by atoms with E-state index in [4.69, 9.17) is 9.73 Å². The summed E-state index contributed by atoms with van der Waals surface area (Å²) < 4.78 is 45.0. The number of ether oxygens (including phenoxy) is 1. The summed E-state index contributed by atoms with van der Waals surface area (Å²) in [5, 5.41) is 6.00. The number of thiazole rings is 1. The van der Waals surface area contributed by atoms with Gasteiger partial charge in [0, 0.05) is 39.4 Å². The van der Waals surface area contributed by atoms with Crippen molar-refractivity contribution < 1.29 is 17.9 Å². The summed E-state index contributed by atoms with van der Waals surface area (Å²) in [4.78, 5) is 10.6. The van der Waals surface area contributed by atoms with Crippen molar-refractivity contribution in [2.24, 2.45) is 4.99 Å². The van der Waals surface area contributed by atoms with Crippen molar-refractivity contribution in [3.8, 4) is 0 Å². The van der Waals surface area contributed by atoms with Gasteiger partial charge >= 0.3 is 6.18 Å². The molecule has 0 bridgehead atoms. The van der Waals surface area contributed by atoms with Crippen LogP contribution in [0.3, 0.4) is 0 Å². The lowest BCUT2D eigenvalue weighted by atomic mass is 10.1. The Balaban J connectivity index is 0.00000160. The second kappa shape index (κ2) is 10.1. The first kappa shape index (κ1) is 24.7. The van der Waals surface area contributed by atoms with Crippen molar-refractivity contribution in [1.82, 2.24) is 15.2 Å². The number of fused-ring (bicyclic) bond motifs is 2. The molecule has 0 spiro atoms. The molecule has 3 heterocycles. The fraction of sp³-hybridized carbons (Fsp3) is 0.444. The quantitative estimate of drug-likeness (QED) is 0.674. The molecule has 1 saturated heterocycles. The van der Waals surface area contributed by atoms with Crippen LogP contribution in [0.4, 0.5) is 29.5 Å². The number of rotatable bonds is 3. The lowest BCUT2D eigenvalue weighted by molar-refractivity contribution is -0.137. The monoisotopic (exact) mass is 483 g/mol. The molecule has 1 aromatic carbocycles. The molecule has 166 valence electrons. The normalized spacial score (nSPS) is 18.1. The summed E-state index contributed by atoms with van der Waals surface area (Å²) in [6, 6.07) is 7.50. The topological polar surface area (TPSA) is 61.8 Å². The summed E-state index contributed by atoms with van der Waals surface area (Å²) in [5.41, 5.74) is 1.60. The fourth-order valence-corrected chi connectivity index (χ4v) is 4.18. The maximum absolute atomic E-state index is 13.3. The van der Waals surface area contributed by atoms with Crippen molar-refractivity contribution in [1.29, 1.82) is 0 Å². The van der Waals surface area contributed by atoms with E-state index in [-0.39, 0.29) is 36.5 Å². The lowest BCUT2D eigenvalue weighted by Crippen LogP contribution is -2.53. The highest BCUT2D eigenvalue weighted by Gasteiger charge is 2.38. The zero-order valence-corrected chi connectivity index (χ0v) is 18.5. The van der Waals surface area contributed by atoms with Gasteiger partial charge in [0.15, 0.2) is 5.84 Å². The van der Waals surface area contributed by atoms with Gasteiger partial charge in [0.25, 0.3) is 0 Å². The number of amidine groups is 1. The smallest absolute Gasteiger partial charge is 0.385 e. The van der Waals surface area contributed by atoms with Gasteiger partial charge in [-0.25, -0.2) is 9.98 Å². The van der Waals surface area contributed by atoms with Crippen LogP contribution in [0.25, 0.3) is 0 Å². The number of anilines is 2. The summed E-state index contributed by atoms with van der Waals surface area (Å²) in [5.74, 6) is 0.475. The van der Waals surface area contributed by atoms with E-state index in [2.05, 4.69) is 15.6 Å². The lowest BCUT2D eigenvalue weighted by Gasteiger charge is -2.35. The van der Waals surface area contributed by atoms with E-state index in [9.17, 15) is 13.2 Å². The molecule has 4 rings (SSSR count). The Hall–Kier alpha value is -1.59. The minimum absolute atomic E-state index is 0. The third kappa shape index (κ3) is 5.17. The maximum atomic E-state index is 13.3. The van der Waals surface area contributed by atoms with Crippen LogP contribution in [0.1, 0.15) is 17.1 Å². The molecule has 12 heteroatoms. The molecule has 1 fully saturated rings. The number of para-hydroxylation sites is 2. The SMILES string of the molecule is COCC[C@H]1CN(C2=Nc3ccccc3Nc3sc(C(F)(F)F)nc32)CCN1.Cl.Cl. The average molecular weight is 484 g/mol. The highest BCUT2D eigenvalue weighted by atomic mass is 35.5. The first-order valence-electron chi connectivity index (χ1n) is 8.96. The molecule has 0 amide bonds. The Morgan fingerprint density at radius 3 is 2.77 bits per heavy atom. The van der Waals surface area contributed by atoms with Crippen molar-refractivity contribution in [2.45, 2.75) is 18.6 Å². The van der Waals surface area contributed by atoms with E-state index >= 15 is 0 Å². The molecule has 2 aliphatic rings. The summed E-state index contributed by atoms with van der Waals surface area (Å²) in [6.07, 6.45) is -3.68. The van der Waals surface area contributed by atoms with Crippen LogP contribution in [0.2, 0.25) is 0 Å². The van der Waals surface area contributed by atoms with Crippen LogP contribution in [-0.2, 0) is 10.9 Å². The zero-order chi connectivity index (χ0) is 19.7. The summed E-state index contributed by atoms with van der Waals surface area (Å²) in [6.45, 7) is 2.60. The standard InChI is InChI=1S/C18H20F3N5OS.2ClH/c1-27-9-6-11-10-26(8-7-22-11)15-14-16(28-17(25-14)18(19,20)21)24-13-5-3-2-4-12(13)23-15;;/h2-5,11,22,24H,6-10H2,1H3;2*1H/t11-;;/m0../s1. The van der Waals surface area contributed by atoms with E-state index in [1.165, 1.54) is 0 Å². The average Bonchev–Trinajstić information content (AvgIpc) is 3.03. The maximum Gasteiger partial charge on any atom is 0.443 e. The molecule has 0 saturated carbocycles. The minimum Gasteiger partial charge on any atom is -0.385 e. The Bertz CT molecular complexity index is 893. The van der Waals surface area contributed by atoms with E-state index in [0.717, 1.165) is 6.42 Å². The molecule has 2 N–H and O–H groups in total. The zero-order valence-electron chi connectivity index (χ0n) is 16.0. The molecule has 0 aliphatic carbocycles. The second-order valence-corrected chi connectivity index (χ2v) is 7.65. The Morgan fingerprint density at radius 1 is 1.27 bits per heavy atom. The molecule has 1 atom stereocenters. The predicted octanol–water partition coefficient (Wildman–Crippen LogP) is 4.45. The molecule has 0 radical (unpaired) electrons. The molecular weight excluding hydrogens is 462 g/mol. The third-order valence-corrected chi connectivity index (χ3v) is 5.70. The number of halogens is 5. The first-order chi connectivity index (χ1) is 13.5. The molecule has 30 heavy (non-hydrogen) atoms. The van der Waals surface area contributed by atoms with Gasteiger partial charge in [-0.2, -0.15) is 13.2 Å². The highest BCUT2D eigenvalue weighted by molar-refractivity contribution is 7.16. The number of methoxy groups -OCH3 is 1. The van der Waals surface area contributed by atoms with Crippen molar-refractivity contribution in [2.75, 3.05) is 38.7 Å². The van der Waals surface area contributed by atoms with E-state index in [1.54, 1.807) is 13.2 Å². The number of piperazine rings is 1. The van der Waals surface area contributed by atoms with E-state index in [1.807, 2.05) is 23.1 Å². The van der Waals surface area contributed by atoms with Crippen LogP contribution in [0.15, 0.2) is 29.3 Å². The van der Waals surface area contributed by atoms with Crippen LogP contribution >= 0.6 is 36.2 Å². The number of hydrogen-bond acceptors (Lipinski definition) is 7.